The fraction of sp³-hybridized carbons (Fsp3) is 0.167. The van der Waals surface area contributed by atoms with Crippen molar-refractivity contribution in [2.75, 3.05) is 11.9 Å². The Kier molecular flexibility index (Phi) is 4.12. The van der Waals surface area contributed by atoms with Crippen molar-refractivity contribution in [3.8, 4) is 0 Å². The molecule has 0 spiro atoms. The molecule has 0 aliphatic heterocycles. The fourth-order valence-electron chi connectivity index (χ4n) is 2.75. The second-order valence-electron chi connectivity index (χ2n) is 5.47. The molecule has 118 valence electrons. The third kappa shape index (κ3) is 2.96. The summed E-state index contributed by atoms with van der Waals surface area (Å²) in [6.07, 6.45) is 2.26. The first-order valence-electron chi connectivity index (χ1n) is 7.46. The van der Waals surface area contributed by atoms with E-state index >= 15 is 0 Å². The van der Waals surface area contributed by atoms with Crippen molar-refractivity contribution >= 4 is 22.5 Å². The molecule has 0 radical (unpaired) electrons. The molecule has 1 heterocycles. The molecule has 0 atom stereocenters. The van der Waals surface area contributed by atoms with Crippen LogP contribution in [0.1, 0.15) is 21.5 Å². The van der Waals surface area contributed by atoms with Gasteiger partial charge in [0.15, 0.2) is 0 Å². The van der Waals surface area contributed by atoms with Crippen molar-refractivity contribution in [3.63, 3.8) is 0 Å². The first-order valence-corrected chi connectivity index (χ1v) is 7.46. The molecule has 4 N–H and O–H groups in total. The minimum Gasteiger partial charge on any atom is -0.361 e. The zero-order valence-electron chi connectivity index (χ0n) is 12.8. The van der Waals surface area contributed by atoms with Crippen LogP contribution >= 0.6 is 0 Å². The molecule has 3 aromatic rings. The van der Waals surface area contributed by atoms with E-state index in [1.54, 1.807) is 6.92 Å². The van der Waals surface area contributed by atoms with Crippen LogP contribution in [0.4, 0.5) is 10.1 Å². The lowest BCUT2D eigenvalue weighted by atomic mass is 9.98. The molecule has 4 nitrogen and oxygen atoms in total. The number of H-pyrrole nitrogens is 1. The maximum Gasteiger partial charge on any atom is 0.255 e. The molecule has 0 aliphatic rings. The zero-order valence-corrected chi connectivity index (χ0v) is 12.8. The number of nitrogens with two attached hydrogens (primary N) is 1. The van der Waals surface area contributed by atoms with Crippen molar-refractivity contribution in [1.29, 1.82) is 0 Å². The number of carbonyl (C=O) groups excluding carboxylic acids is 1. The number of nitrogens with one attached hydrogen (secondary N) is 2. The Bertz CT molecular complexity index is 870. The molecular weight excluding hydrogens is 293 g/mol. The second kappa shape index (κ2) is 6.22. The normalized spacial score (nSPS) is 10.9. The third-order valence-electron chi connectivity index (χ3n) is 3.99. The molecule has 0 saturated carbocycles. The summed E-state index contributed by atoms with van der Waals surface area (Å²) in [4.78, 5) is 15.6. The minimum atomic E-state index is -0.321. The van der Waals surface area contributed by atoms with Gasteiger partial charge in [-0.25, -0.2) is 4.39 Å². The summed E-state index contributed by atoms with van der Waals surface area (Å²) in [6, 6.07) is 10.4. The quantitative estimate of drug-likeness (QED) is 0.691. The second-order valence-corrected chi connectivity index (χ2v) is 5.47. The zero-order chi connectivity index (χ0) is 16.4. The minimum absolute atomic E-state index is 0.254. The Balaban J connectivity index is 1.89. The van der Waals surface area contributed by atoms with Crippen LogP contribution in [0.5, 0.6) is 0 Å². The first kappa shape index (κ1) is 15.2. The summed E-state index contributed by atoms with van der Waals surface area (Å²) in [5.74, 6) is -0.575. The highest BCUT2D eigenvalue weighted by Gasteiger charge is 2.15. The number of hydrogen-bond acceptors (Lipinski definition) is 2. The standard InChI is InChI=1S/C18H18FN3O/c1-11-14(6-8-20)16(19)4-3-15(11)18(23)22-13-2-5-17-12(10-13)7-9-21-17/h2-5,7,9-10,21H,6,8,20H2,1H3,(H,22,23). The number of rotatable bonds is 4. The van der Waals surface area contributed by atoms with Gasteiger partial charge in [0.1, 0.15) is 5.82 Å². The maximum absolute atomic E-state index is 13.9. The molecule has 23 heavy (non-hydrogen) atoms. The van der Waals surface area contributed by atoms with Gasteiger partial charge in [-0.2, -0.15) is 0 Å². The summed E-state index contributed by atoms with van der Waals surface area (Å²) in [5, 5.41) is 3.88. The van der Waals surface area contributed by atoms with Gasteiger partial charge < -0.3 is 16.0 Å². The van der Waals surface area contributed by atoms with Crippen molar-refractivity contribution in [2.45, 2.75) is 13.3 Å². The topological polar surface area (TPSA) is 70.9 Å². The number of anilines is 1. The van der Waals surface area contributed by atoms with E-state index in [1.807, 2.05) is 30.5 Å². The smallest absolute Gasteiger partial charge is 0.255 e. The van der Waals surface area contributed by atoms with Crippen molar-refractivity contribution < 1.29 is 9.18 Å². The van der Waals surface area contributed by atoms with Crippen molar-refractivity contribution in [1.82, 2.24) is 4.98 Å². The molecule has 0 bridgehead atoms. The van der Waals surface area contributed by atoms with Gasteiger partial charge in [0.2, 0.25) is 0 Å². The molecule has 1 aromatic heterocycles. The Morgan fingerprint density at radius 1 is 1.26 bits per heavy atom. The Hall–Kier alpha value is -2.66. The van der Waals surface area contributed by atoms with Crippen LogP contribution in [-0.4, -0.2) is 17.4 Å². The van der Waals surface area contributed by atoms with Gasteiger partial charge in [-0.15, -0.1) is 0 Å². The Morgan fingerprint density at radius 2 is 2.09 bits per heavy atom. The van der Waals surface area contributed by atoms with Crippen LogP contribution in [0.2, 0.25) is 0 Å². The van der Waals surface area contributed by atoms with Gasteiger partial charge in [0.05, 0.1) is 0 Å². The first-order chi connectivity index (χ1) is 11.1. The molecule has 5 heteroatoms. The van der Waals surface area contributed by atoms with Crippen LogP contribution in [0, 0.1) is 12.7 Å². The van der Waals surface area contributed by atoms with E-state index in [0.29, 0.717) is 35.3 Å². The summed E-state index contributed by atoms with van der Waals surface area (Å²) in [6.45, 7) is 2.09. The van der Waals surface area contributed by atoms with E-state index in [0.717, 1.165) is 10.9 Å². The molecule has 1 amide bonds. The number of halogens is 1. The number of fused-ring (bicyclic) bond motifs is 1. The average Bonchev–Trinajstić information content (AvgIpc) is 2.99. The van der Waals surface area contributed by atoms with E-state index in [4.69, 9.17) is 5.73 Å². The van der Waals surface area contributed by atoms with E-state index < -0.39 is 0 Å². The number of amides is 1. The average molecular weight is 311 g/mol. The number of aromatic nitrogens is 1. The molecule has 0 saturated heterocycles. The largest absolute Gasteiger partial charge is 0.361 e. The van der Waals surface area contributed by atoms with E-state index in [1.165, 1.54) is 12.1 Å². The highest BCUT2D eigenvalue weighted by atomic mass is 19.1. The SMILES string of the molecule is Cc1c(C(=O)Nc2ccc3[nH]ccc3c2)ccc(F)c1CCN. The van der Waals surface area contributed by atoms with Gasteiger partial charge in [-0.1, -0.05) is 0 Å². The molecular formula is C18H18FN3O. The summed E-state index contributed by atoms with van der Waals surface area (Å²) in [7, 11) is 0. The van der Waals surface area contributed by atoms with Crippen LogP contribution in [-0.2, 0) is 6.42 Å². The third-order valence-corrected chi connectivity index (χ3v) is 3.99. The van der Waals surface area contributed by atoms with E-state index in [-0.39, 0.29) is 11.7 Å². The Labute approximate surface area is 133 Å². The highest BCUT2D eigenvalue weighted by Crippen LogP contribution is 2.21. The fourth-order valence-corrected chi connectivity index (χ4v) is 2.75. The van der Waals surface area contributed by atoms with Crippen molar-refractivity contribution in [2.24, 2.45) is 5.73 Å². The predicted octanol–water partition coefficient (Wildman–Crippen LogP) is 3.37. The van der Waals surface area contributed by atoms with E-state index in [9.17, 15) is 9.18 Å². The van der Waals surface area contributed by atoms with Crippen LogP contribution < -0.4 is 11.1 Å². The summed E-state index contributed by atoms with van der Waals surface area (Å²) < 4.78 is 13.9. The molecule has 0 unspecified atom stereocenters. The van der Waals surface area contributed by atoms with Gasteiger partial charge in [0.25, 0.3) is 5.91 Å². The lowest BCUT2D eigenvalue weighted by Gasteiger charge is -2.12. The summed E-state index contributed by atoms with van der Waals surface area (Å²) >= 11 is 0. The number of aromatic amines is 1. The molecule has 2 aromatic carbocycles. The number of hydrogen-bond donors (Lipinski definition) is 3. The van der Waals surface area contributed by atoms with Crippen LogP contribution in [0.25, 0.3) is 10.9 Å². The van der Waals surface area contributed by atoms with Gasteiger partial charge in [-0.3, -0.25) is 4.79 Å². The molecule has 0 fully saturated rings. The van der Waals surface area contributed by atoms with Gasteiger partial charge >= 0.3 is 0 Å². The van der Waals surface area contributed by atoms with Crippen molar-refractivity contribution in [3.05, 3.63) is 65.1 Å². The highest BCUT2D eigenvalue weighted by molar-refractivity contribution is 6.06. The van der Waals surface area contributed by atoms with Gasteiger partial charge in [-0.05, 0) is 67.4 Å². The maximum atomic E-state index is 13.9. The number of benzene rings is 2. The Morgan fingerprint density at radius 3 is 2.87 bits per heavy atom. The lowest BCUT2D eigenvalue weighted by molar-refractivity contribution is 0.102. The number of carbonyl (C=O) groups is 1. The summed E-state index contributed by atoms with van der Waals surface area (Å²) in [5.41, 5.74) is 8.82. The monoisotopic (exact) mass is 311 g/mol. The predicted molar refractivity (Wildman–Crippen MR) is 90.1 cm³/mol. The van der Waals surface area contributed by atoms with Crippen LogP contribution in [0.15, 0.2) is 42.6 Å². The van der Waals surface area contributed by atoms with E-state index in [2.05, 4.69) is 10.3 Å². The van der Waals surface area contributed by atoms with Gasteiger partial charge in [0, 0.05) is 28.4 Å². The molecule has 0 aliphatic carbocycles. The lowest BCUT2D eigenvalue weighted by Crippen LogP contribution is -2.16. The van der Waals surface area contributed by atoms with Crippen LogP contribution in [0.3, 0.4) is 0 Å². The molecule has 3 rings (SSSR count).